The molecular weight excluding hydrogens is 151 g/mol. The summed E-state index contributed by atoms with van der Waals surface area (Å²) in [6.07, 6.45) is 6.72. The average Bonchev–Trinajstić information content (AvgIpc) is 2.50. The Kier molecular flexibility index (Phi) is 4.38. The molecular formula is C10H16P. The van der Waals surface area contributed by atoms with Gasteiger partial charge in [-0.05, 0) is 24.2 Å². The summed E-state index contributed by atoms with van der Waals surface area (Å²) in [5, 5.41) is 0. The predicted molar refractivity (Wildman–Crippen MR) is 52.6 cm³/mol. The lowest BCUT2D eigenvalue weighted by molar-refractivity contribution is 0.667. The van der Waals surface area contributed by atoms with E-state index >= 15 is 0 Å². The second-order valence-corrected chi connectivity index (χ2v) is 3.81. The van der Waals surface area contributed by atoms with E-state index < -0.39 is 0 Å². The predicted octanol–water partition coefficient (Wildman–Crippen LogP) is 3.64. The van der Waals surface area contributed by atoms with Crippen LogP contribution < -0.4 is 0 Å². The molecule has 1 atom stereocenters. The Morgan fingerprint density at radius 3 is 2.91 bits per heavy atom. The van der Waals surface area contributed by atoms with Gasteiger partial charge in [0.25, 0.3) is 0 Å². The standard InChI is InChI=1S/C10H16P/c1-2-3-4-5-6-10-7-8-11-9-10/h7-8,11H,2-6H2,1H3. The molecule has 1 aromatic rings. The second-order valence-electron chi connectivity index (χ2n) is 2.94. The molecule has 1 radical (unpaired) electrons. The quantitative estimate of drug-likeness (QED) is 0.587. The van der Waals surface area contributed by atoms with Crippen LogP contribution in [-0.2, 0) is 6.42 Å². The zero-order valence-corrected chi connectivity index (χ0v) is 8.19. The molecule has 0 bridgehead atoms. The van der Waals surface area contributed by atoms with Crippen LogP contribution in [0.4, 0.5) is 0 Å². The molecule has 1 heteroatoms. The fourth-order valence-corrected chi connectivity index (χ4v) is 1.97. The molecule has 0 aromatic carbocycles. The van der Waals surface area contributed by atoms with Gasteiger partial charge in [0.05, 0.1) is 0 Å². The summed E-state index contributed by atoms with van der Waals surface area (Å²) in [6.45, 7) is 2.25. The highest BCUT2D eigenvalue weighted by Gasteiger charge is 1.91. The van der Waals surface area contributed by atoms with Gasteiger partial charge in [-0.15, -0.1) is 8.19 Å². The molecule has 0 amide bonds. The lowest BCUT2D eigenvalue weighted by Crippen LogP contribution is -1.81. The first-order valence-electron chi connectivity index (χ1n) is 4.47. The fourth-order valence-electron chi connectivity index (χ4n) is 1.21. The summed E-state index contributed by atoms with van der Waals surface area (Å²) < 4.78 is 0. The third kappa shape index (κ3) is 3.62. The molecule has 1 rings (SSSR count). The summed E-state index contributed by atoms with van der Waals surface area (Å²) in [6, 6.07) is 2.23. The number of hydrogen-bond donors (Lipinski definition) is 0. The van der Waals surface area contributed by atoms with Crippen LogP contribution >= 0.6 is 8.19 Å². The second kappa shape index (κ2) is 5.43. The number of aryl methyl sites for hydroxylation is 1. The van der Waals surface area contributed by atoms with Crippen LogP contribution in [0.15, 0.2) is 11.9 Å². The van der Waals surface area contributed by atoms with Crippen LogP contribution in [0.5, 0.6) is 0 Å². The zero-order valence-electron chi connectivity index (χ0n) is 7.19. The van der Waals surface area contributed by atoms with Gasteiger partial charge in [0.15, 0.2) is 0 Å². The number of hydrogen-bond acceptors (Lipinski definition) is 0. The molecule has 0 N–H and O–H groups in total. The van der Waals surface area contributed by atoms with Crippen molar-refractivity contribution in [2.24, 2.45) is 0 Å². The monoisotopic (exact) mass is 167 g/mol. The summed E-state index contributed by atoms with van der Waals surface area (Å²) in [7, 11) is 0.834. The van der Waals surface area contributed by atoms with E-state index in [2.05, 4.69) is 24.6 Å². The maximum Gasteiger partial charge on any atom is 0.00535 e. The lowest BCUT2D eigenvalue weighted by Gasteiger charge is -1.96. The Labute approximate surface area is 71.1 Å². The molecule has 0 aliphatic carbocycles. The van der Waals surface area contributed by atoms with Crippen molar-refractivity contribution in [2.45, 2.75) is 39.0 Å². The first-order valence-corrected chi connectivity index (χ1v) is 5.55. The molecule has 0 aliphatic rings. The van der Waals surface area contributed by atoms with Gasteiger partial charge in [-0.25, -0.2) is 0 Å². The van der Waals surface area contributed by atoms with Crippen LogP contribution in [0, 0.1) is 5.80 Å². The van der Waals surface area contributed by atoms with Gasteiger partial charge in [0.2, 0.25) is 0 Å². The topological polar surface area (TPSA) is 0 Å². The number of rotatable bonds is 5. The van der Waals surface area contributed by atoms with Crippen molar-refractivity contribution in [1.82, 2.24) is 0 Å². The van der Waals surface area contributed by atoms with E-state index in [1.165, 1.54) is 37.7 Å². The van der Waals surface area contributed by atoms with Crippen LogP contribution in [-0.4, -0.2) is 0 Å². The largest absolute Gasteiger partial charge is 0.131 e. The minimum absolute atomic E-state index is 0.834. The summed E-state index contributed by atoms with van der Waals surface area (Å²) in [4.78, 5) is 0. The van der Waals surface area contributed by atoms with Gasteiger partial charge in [-0.2, -0.15) is 0 Å². The molecule has 1 aromatic heterocycles. The molecule has 1 unspecified atom stereocenters. The summed E-state index contributed by atoms with van der Waals surface area (Å²) >= 11 is 0. The SMILES string of the molecule is CCCCCCc1[c][pH]cc1. The van der Waals surface area contributed by atoms with E-state index in [0.717, 1.165) is 8.19 Å². The Morgan fingerprint density at radius 2 is 2.27 bits per heavy atom. The van der Waals surface area contributed by atoms with Crippen molar-refractivity contribution in [1.29, 1.82) is 0 Å². The van der Waals surface area contributed by atoms with Crippen molar-refractivity contribution in [3.05, 3.63) is 23.2 Å². The van der Waals surface area contributed by atoms with E-state index in [4.69, 9.17) is 0 Å². The van der Waals surface area contributed by atoms with Gasteiger partial charge in [0.1, 0.15) is 0 Å². The fraction of sp³-hybridized carbons (Fsp3) is 0.600. The van der Waals surface area contributed by atoms with E-state index in [9.17, 15) is 0 Å². The van der Waals surface area contributed by atoms with Crippen molar-refractivity contribution < 1.29 is 0 Å². The summed E-state index contributed by atoms with van der Waals surface area (Å²) in [5.41, 5.74) is 1.44. The van der Waals surface area contributed by atoms with Gasteiger partial charge in [0, 0.05) is 5.80 Å². The van der Waals surface area contributed by atoms with Gasteiger partial charge >= 0.3 is 0 Å². The highest BCUT2D eigenvalue weighted by molar-refractivity contribution is 7.28. The van der Waals surface area contributed by atoms with Gasteiger partial charge in [-0.3, -0.25) is 0 Å². The van der Waals surface area contributed by atoms with E-state index in [-0.39, 0.29) is 0 Å². The Morgan fingerprint density at radius 1 is 1.36 bits per heavy atom. The van der Waals surface area contributed by atoms with Crippen molar-refractivity contribution in [3.63, 3.8) is 0 Å². The highest BCUT2D eigenvalue weighted by Crippen LogP contribution is 2.13. The first kappa shape index (κ1) is 8.87. The maximum atomic E-state index is 3.37. The highest BCUT2D eigenvalue weighted by atomic mass is 31.0. The van der Waals surface area contributed by atoms with Crippen molar-refractivity contribution in [2.75, 3.05) is 0 Å². The third-order valence-corrected chi connectivity index (χ3v) is 2.70. The average molecular weight is 167 g/mol. The molecule has 61 valence electrons. The number of unbranched alkanes of at least 4 members (excludes halogenated alkanes) is 3. The Balaban J connectivity index is 2.04. The normalized spacial score (nSPS) is 11.0. The zero-order chi connectivity index (χ0) is 7.94. The third-order valence-electron chi connectivity index (χ3n) is 1.90. The minimum atomic E-state index is 0.834. The van der Waals surface area contributed by atoms with E-state index in [1.54, 1.807) is 0 Å². The molecule has 0 nitrogen and oxygen atoms in total. The molecule has 11 heavy (non-hydrogen) atoms. The summed E-state index contributed by atoms with van der Waals surface area (Å²) in [5.74, 6) is 5.58. The molecule has 0 saturated heterocycles. The van der Waals surface area contributed by atoms with Crippen LogP contribution in [0.1, 0.15) is 38.2 Å². The maximum absolute atomic E-state index is 3.37. The van der Waals surface area contributed by atoms with Crippen LogP contribution in [0.2, 0.25) is 0 Å². The molecule has 0 spiro atoms. The molecule has 1 heterocycles. The Bertz CT molecular complexity index is 165. The smallest absolute Gasteiger partial charge is 0.00535 e. The lowest BCUT2D eigenvalue weighted by atomic mass is 10.1. The van der Waals surface area contributed by atoms with Crippen LogP contribution in [0.3, 0.4) is 0 Å². The first-order chi connectivity index (χ1) is 5.43. The van der Waals surface area contributed by atoms with Crippen molar-refractivity contribution >= 4 is 8.19 Å². The van der Waals surface area contributed by atoms with E-state index in [0.29, 0.717) is 0 Å². The molecule has 0 aliphatic heterocycles. The molecule has 0 fully saturated rings. The van der Waals surface area contributed by atoms with Gasteiger partial charge in [-0.1, -0.05) is 32.3 Å². The van der Waals surface area contributed by atoms with E-state index in [1.807, 2.05) is 0 Å². The molecule has 0 saturated carbocycles. The van der Waals surface area contributed by atoms with Crippen molar-refractivity contribution in [3.8, 4) is 0 Å². The minimum Gasteiger partial charge on any atom is -0.131 e. The van der Waals surface area contributed by atoms with Crippen LogP contribution in [0.25, 0.3) is 0 Å². The Hall–Kier alpha value is -0.220. The van der Waals surface area contributed by atoms with Gasteiger partial charge < -0.3 is 0 Å².